The van der Waals surface area contributed by atoms with E-state index in [1.54, 1.807) is 0 Å². The third-order valence-corrected chi connectivity index (χ3v) is 7.16. The van der Waals surface area contributed by atoms with Crippen molar-refractivity contribution in [3.8, 4) is 11.1 Å². The lowest BCUT2D eigenvalue weighted by atomic mass is 10.1. The average molecular weight is 490 g/mol. The Kier molecular flexibility index (Phi) is 5.12. The maximum Gasteiger partial charge on any atom is 0.225 e. The van der Waals surface area contributed by atoms with Gasteiger partial charge in [-0.25, -0.2) is 14.5 Å². The fourth-order valence-corrected chi connectivity index (χ4v) is 5.17. The highest BCUT2D eigenvalue weighted by atomic mass is 15.3. The van der Waals surface area contributed by atoms with Gasteiger partial charge in [0.1, 0.15) is 0 Å². The van der Waals surface area contributed by atoms with E-state index in [9.17, 15) is 0 Å². The van der Waals surface area contributed by atoms with Crippen LogP contribution in [0.4, 0.5) is 11.6 Å². The van der Waals surface area contributed by atoms with Gasteiger partial charge in [-0.3, -0.25) is 4.68 Å². The molecule has 1 aliphatic rings. The number of hydrogen-bond donors (Lipinski definition) is 0. The number of aromatic nitrogens is 7. The molecule has 37 heavy (non-hydrogen) atoms. The third kappa shape index (κ3) is 3.98. The first-order valence-electron chi connectivity index (χ1n) is 12.5. The molecule has 0 aliphatic carbocycles. The van der Waals surface area contributed by atoms with Crippen LogP contribution in [0.1, 0.15) is 5.56 Å². The first-order chi connectivity index (χ1) is 18.2. The standard InChI is InChI=1S/C28H27N9/c1-33-19-24(16-31-33)23-6-7-26-27(17-32-37(26)20-23)34-10-12-35(13-11-34)28-29-14-21(15-30-28)18-36-9-8-22-4-2-3-5-25(22)36/h2-9,14-17,19-20H,10-13,18H2,1H3. The molecule has 0 amide bonds. The number of para-hydroxylation sites is 1. The summed E-state index contributed by atoms with van der Waals surface area (Å²) in [5.74, 6) is 0.793. The van der Waals surface area contributed by atoms with E-state index in [2.05, 4.69) is 79.4 Å². The molecule has 184 valence electrons. The molecule has 0 bridgehead atoms. The van der Waals surface area contributed by atoms with Gasteiger partial charge >= 0.3 is 0 Å². The van der Waals surface area contributed by atoms with E-state index >= 15 is 0 Å². The fourth-order valence-electron chi connectivity index (χ4n) is 5.17. The number of anilines is 2. The van der Waals surface area contributed by atoms with Gasteiger partial charge in [-0.05, 0) is 23.6 Å². The first-order valence-corrected chi connectivity index (χ1v) is 12.5. The molecule has 1 fully saturated rings. The first kappa shape index (κ1) is 21.6. The van der Waals surface area contributed by atoms with E-state index in [4.69, 9.17) is 9.97 Å². The second kappa shape index (κ2) is 8.77. The number of rotatable bonds is 5. The molecule has 1 aromatic carbocycles. The minimum absolute atomic E-state index is 0.763. The molecule has 0 saturated carbocycles. The van der Waals surface area contributed by atoms with Crippen molar-refractivity contribution in [1.82, 2.24) is 33.9 Å². The van der Waals surface area contributed by atoms with E-state index in [0.717, 1.165) is 66.6 Å². The molecule has 1 saturated heterocycles. The number of hydrogen-bond acceptors (Lipinski definition) is 6. The van der Waals surface area contributed by atoms with Crippen molar-refractivity contribution in [1.29, 1.82) is 0 Å². The largest absolute Gasteiger partial charge is 0.365 e. The summed E-state index contributed by atoms with van der Waals surface area (Å²) in [5, 5.41) is 10.2. The Labute approximate surface area is 214 Å². The fraction of sp³-hybridized carbons (Fsp3) is 0.214. The lowest BCUT2D eigenvalue weighted by molar-refractivity contribution is 0.640. The lowest BCUT2D eigenvalue weighted by Gasteiger charge is -2.35. The summed E-state index contributed by atoms with van der Waals surface area (Å²) in [6.07, 6.45) is 14.0. The van der Waals surface area contributed by atoms with Crippen molar-refractivity contribution < 1.29 is 0 Å². The summed E-state index contributed by atoms with van der Waals surface area (Å²) in [5.41, 5.74) is 6.78. The molecule has 9 heteroatoms. The molecule has 0 spiro atoms. The quantitative estimate of drug-likeness (QED) is 0.366. The van der Waals surface area contributed by atoms with Crippen molar-refractivity contribution in [2.75, 3.05) is 36.0 Å². The van der Waals surface area contributed by atoms with E-state index in [0.29, 0.717) is 0 Å². The summed E-state index contributed by atoms with van der Waals surface area (Å²) in [6.45, 7) is 4.29. The van der Waals surface area contributed by atoms with Crippen LogP contribution in [0.5, 0.6) is 0 Å². The van der Waals surface area contributed by atoms with Crippen LogP contribution in [-0.4, -0.2) is 60.1 Å². The SMILES string of the molecule is Cn1cc(-c2ccc3c(N4CCN(c5ncc(Cn6ccc7ccccc76)cn5)CC4)cnn3c2)cn1. The third-order valence-electron chi connectivity index (χ3n) is 7.16. The predicted molar refractivity (Wildman–Crippen MR) is 145 cm³/mol. The highest BCUT2D eigenvalue weighted by Gasteiger charge is 2.21. The molecule has 0 atom stereocenters. The van der Waals surface area contributed by atoms with Crippen LogP contribution < -0.4 is 9.80 Å². The van der Waals surface area contributed by atoms with E-state index in [1.165, 1.54) is 10.9 Å². The van der Waals surface area contributed by atoms with Crippen molar-refractivity contribution in [3.05, 3.63) is 91.4 Å². The zero-order chi connectivity index (χ0) is 24.8. The molecular formula is C28H27N9. The number of fused-ring (bicyclic) bond motifs is 2. The summed E-state index contributed by atoms with van der Waals surface area (Å²) in [4.78, 5) is 14.1. The van der Waals surface area contributed by atoms with Crippen molar-refractivity contribution in [2.45, 2.75) is 6.54 Å². The van der Waals surface area contributed by atoms with Crippen molar-refractivity contribution in [2.24, 2.45) is 7.05 Å². The monoisotopic (exact) mass is 489 g/mol. The molecule has 0 unspecified atom stereocenters. The average Bonchev–Trinajstić information content (AvgIpc) is 3.68. The Morgan fingerprint density at radius 3 is 2.35 bits per heavy atom. The molecule has 6 aromatic rings. The number of benzene rings is 1. The maximum atomic E-state index is 4.70. The number of aryl methyl sites for hydroxylation is 1. The summed E-state index contributed by atoms with van der Waals surface area (Å²) >= 11 is 0. The highest BCUT2D eigenvalue weighted by molar-refractivity contribution is 5.80. The van der Waals surface area contributed by atoms with Crippen LogP contribution >= 0.6 is 0 Å². The Balaban J connectivity index is 1.02. The van der Waals surface area contributed by atoms with Crippen molar-refractivity contribution in [3.63, 3.8) is 0 Å². The Bertz CT molecular complexity index is 1680. The Morgan fingerprint density at radius 2 is 1.54 bits per heavy atom. The van der Waals surface area contributed by atoms with Crippen molar-refractivity contribution >= 4 is 28.1 Å². The molecule has 5 aromatic heterocycles. The van der Waals surface area contributed by atoms with Gasteiger partial charge in [-0.2, -0.15) is 10.2 Å². The molecule has 1 aliphatic heterocycles. The second-order valence-electron chi connectivity index (χ2n) is 9.55. The normalized spacial score (nSPS) is 14.2. The predicted octanol–water partition coefficient (Wildman–Crippen LogP) is 3.85. The van der Waals surface area contributed by atoms with Gasteiger partial charge in [0.2, 0.25) is 5.95 Å². The second-order valence-corrected chi connectivity index (χ2v) is 9.55. The van der Waals surface area contributed by atoms with Gasteiger partial charge in [0, 0.05) is 86.4 Å². The molecular weight excluding hydrogens is 462 g/mol. The minimum Gasteiger partial charge on any atom is -0.365 e. The number of nitrogens with zero attached hydrogens (tertiary/aromatic N) is 9. The van der Waals surface area contributed by atoms with Crippen LogP contribution in [0.25, 0.3) is 27.5 Å². The van der Waals surface area contributed by atoms with Gasteiger partial charge < -0.3 is 14.4 Å². The minimum atomic E-state index is 0.763. The van der Waals surface area contributed by atoms with Crippen LogP contribution in [-0.2, 0) is 13.6 Å². The van der Waals surface area contributed by atoms with Crippen LogP contribution in [0.3, 0.4) is 0 Å². The lowest BCUT2D eigenvalue weighted by Crippen LogP contribution is -2.47. The topological polar surface area (TPSA) is 72.3 Å². The van der Waals surface area contributed by atoms with E-state index in [-0.39, 0.29) is 0 Å². The molecule has 0 N–H and O–H groups in total. The summed E-state index contributed by atoms with van der Waals surface area (Å²) in [6, 6.07) is 14.9. The van der Waals surface area contributed by atoms with Crippen LogP contribution in [0, 0.1) is 0 Å². The maximum absolute atomic E-state index is 4.70. The number of pyridine rings is 1. The van der Waals surface area contributed by atoms with Crippen LogP contribution in [0.2, 0.25) is 0 Å². The molecule has 7 rings (SSSR count). The van der Waals surface area contributed by atoms with E-state index < -0.39 is 0 Å². The Morgan fingerprint density at radius 1 is 0.730 bits per heavy atom. The highest BCUT2D eigenvalue weighted by Crippen LogP contribution is 2.27. The Hall–Kier alpha value is -4.66. The molecule has 9 nitrogen and oxygen atoms in total. The van der Waals surface area contributed by atoms with Gasteiger partial charge in [0.25, 0.3) is 0 Å². The van der Waals surface area contributed by atoms with Gasteiger partial charge in [-0.15, -0.1) is 0 Å². The summed E-state index contributed by atoms with van der Waals surface area (Å²) in [7, 11) is 1.93. The number of piperazine rings is 1. The van der Waals surface area contributed by atoms with Gasteiger partial charge in [0.05, 0.1) is 30.1 Å². The molecule has 0 radical (unpaired) electrons. The molecule has 6 heterocycles. The zero-order valence-corrected chi connectivity index (χ0v) is 20.6. The van der Waals surface area contributed by atoms with Crippen LogP contribution in [0.15, 0.2) is 85.8 Å². The summed E-state index contributed by atoms with van der Waals surface area (Å²) < 4.78 is 6.01. The zero-order valence-electron chi connectivity index (χ0n) is 20.6. The van der Waals surface area contributed by atoms with E-state index in [1.807, 2.05) is 47.2 Å². The smallest absolute Gasteiger partial charge is 0.225 e. The van der Waals surface area contributed by atoms with Gasteiger partial charge in [-0.1, -0.05) is 24.3 Å². The van der Waals surface area contributed by atoms with Gasteiger partial charge in [0.15, 0.2) is 0 Å².